The highest BCUT2D eigenvalue weighted by Gasteiger charge is 2.07. The van der Waals surface area contributed by atoms with E-state index in [9.17, 15) is 4.39 Å². The number of halogens is 1. The van der Waals surface area contributed by atoms with Crippen molar-refractivity contribution in [2.75, 3.05) is 0 Å². The Kier molecular flexibility index (Phi) is 2.96. The summed E-state index contributed by atoms with van der Waals surface area (Å²) in [6.07, 6.45) is 3.51. The first kappa shape index (κ1) is 10.8. The summed E-state index contributed by atoms with van der Waals surface area (Å²) >= 11 is 4.89. The summed E-state index contributed by atoms with van der Waals surface area (Å²) in [5.41, 5.74) is 6.97. The van der Waals surface area contributed by atoms with Gasteiger partial charge in [-0.2, -0.15) is 5.10 Å². The SMILES string of the molecule is NC(=S)c1cc(F)ccc1Cn1cccn1. The molecule has 0 amide bonds. The Labute approximate surface area is 97.7 Å². The van der Waals surface area contributed by atoms with Gasteiger partial charge in [-0.25, -0.2) is 4.39 Å². The van der Waals surface area contributed by atoms with E-state index in [1.165, 1.54) is 12.1 Å². The quantitative estimate of drug-likeness (QED) is 0.824. The molecular weight excluding hydrogens is 225 g/mol. The van der Waals surface area contributed by atoms with Crippen molar-refractivity contribution < 1.29 is 4.39 Å². The van der Waals surface area contributed by atoms with Gasteiger partial charge in [0, 0.05) is 18.0 Å². The molecule has 5 heteroatoms. The van der Waals surface area contributed by atoms with Crippen LogP contribution in [0.15, 0.2) is 36.7 Å². The van der Waals surface area contributed by atoms with Crippen molar-refractivity contribution in [1.29, 1.82) is 0 Å². The first-order chi connectivity index (χ1) is 7.66. The van der Waals surface area contributed by atoms with E-state index in [0.29, 0.717) is 12.1 Å². The average molecular weight is 235 g/mol. The molecule has 0 aliphatic carbocycles. The molecule has 16 heavy (non-hydrogen) atoms. The minimum Gasteiger partial charge on any atom is -0.389 e. The molecule has 0 bridgehead atoms. The number of nitrogens with zero attached hydrogens (tertiary/aromatic N) is 2. The lowest BCUT2D eigenvalue weighted by Crippen LogP contribution is -2.14. The number of hydrogen-bond donors (Lipinski definition) is 1. The summed E-state index contributed by atoms with van der Waals surface area (Å²) < 4.78 is 14.8. The first-order valence-corrected chi connectivity index (χ1v) is 5.13. The average Bonchev–Trinajstić information content (AvgIpc) is 2.73. The lowest BCUT2D eigenvalue weighted by Gasteiger charge is -2.08. The lowest BCUT2D eigenvalue weighted by atomic mass is 10.1. The molecular formula is C11H10FN3S. The molecule has 82 valence electrons. The highest BCUT2D eigenvalue weighted by Crippen LogP contribution is 2.12. The zero-order valence-electron chi connectivity index (χ0n) is 8.43. The lowest BCUT2D eigenvalue weighted by molar-refractivity contribution is 0.624. The molecule has 0 unspecified atom stereocenters. The predicted octanol–water partition coefficient (Wildman–Crippen LogP) is 1.70. The van der Waals surface area contributed by atoms with E-state index in [0.717, 1.165) is 5.56 Å². The molecule has 0 saturated carbocycles. The van der Waals surface area contributed by atoms with Crippen molar-refractivity contribution in [3.05, 3.63) is 53.6 Å². The van der Waals surface area contributed by atoms with Crippen molar-refractivity contribution in [2.24, 2.45) is 5.73 Å². The molecule has 0 fully saturated rings. The van der Waals surface area contributed by atoms with E-state index < -0.39 is 0 Å². The van der Waals surface area contributed by atoms with Crippen LogP contribution in [0.4, 0.5) is 4.39 Å². The Balaban J connectivity index is 2.36. The fraction of sp³-hybridized carbons (Fsp3) is 0.0909. The van der Waals surface area contributed by atoms with Gasteiger partial charge in [-0.3, -0.25) is 4.68 Å². The van der Waals surface area contributed by atoms with E-state index in [1.807, 2.05) is 12.3 Å². The topological polar surface area (TPSA) is 43.8 Å². The maximum atomic E-state index is 13.0. The minimum absolute atomic E-state index is 0.196. The maximum Gasteiger partial charge on any atom is 0.123 e. The van der Waals surface area contributed by atoms with Crippen LogP contribution in [0, 0.1) is 5.82 Å². The van der Waals surface area contributed by atoms with Crippen LogP contribution in [0.1, 0.15) is 11.1 Å². The van der Waals surface area contributed by atoms with Crippen molar-refractivity contribution in [3.8, 4) is 0 Å². The molecule has 0 spiro atoms. The summed E-state index contributed by atoms with van der Waals surface area (Å²) in [4.78, 5) is 0.196. The molecule has 1 aromatic heterocycles. The van der Waals surface area contributed by atoms with Crippen LogP contribution < -0.4 is 5.73 Å². The van der Waals surface area contributed by atoms with Gasteiger partial charge in [0.25, 0.3) is 0 Å². The number of thiocarbonyl (C=S) groups is 1. The molecule has 2 aromatic rings. The van der Waals surface area contributed by atoms with Crippen LogP contribution in [-0.2, 0) is 6.54 Å². The van der Waals surface area contributed by atoms with Crippen LogP contribution >= 0.6 is 12.2 Å². The van der Waals surface area contributed by atoms with Gasteiger partial charge in [0.15, 0.2) is 0 Å². The Bertz CT molecular complexity index is 508. The third kappa shape index (κ3) is 2.25. The zero-order chi connectivity index (χ0) is 11.5. The number of nitrogens with two attached hydrogens (primary N) is 1. The predicted molar refractivity (Wildman–Crippen MR) is 63.6 cm³/mol. The number of rotatable bonds is 3. The van der Waals surface area contributed by atoms with Gasteiger partial charge in [-0.05, 0) is 23.8 Å². The Hall–Kier alpha value is -1.75. The number of aromatic nitrogens is 2. The minimum atomic E-state index is -0.341. The Morgan fingerprint density at radius 3 is 2.94 bits per heavy atom. The summed E-state index contributed by atoms with van der Waals surface area (Å²) in [6.45, 7) is 0.528. The summed E-state index contributed by atoms with van der Waals surface area (Å²) in [5, 5.41) is 4.07. The van der Waals surface area contributed by atoms with Crippen molar-refractivity contribution in [1.82, 2.24) is 9.78 Å². The van der Waals surface area contributed by atoms with Gasteiger partial charge in [-0.15, -0.1) is 0 Å². The van der Waals surface area contributed by atoms with Gasteiger partial charge >= 0.3 is 0 Å². The maximum absolute atomic E-state index is 13.0. The summed E-state index contributed by atoms with van der Waals surface area (Å²) in [5.74, 6) is -0.341. The van der Waals surface area contributed by atoms with Crippen LogP contribution in [0.5, 0.6) is 0 Å². The second-order valence-corrected chi connectivity index (χ2v) is 3.81. The fourth-order valence-corrected chi connectivity index (χ4v) is 1.67. The fourth-order valence-electron chi connectivity index (χ4n) is 1.48. The third-order valence-corrected chi connectivity index (χ3v) is 2.45. The van der Waals surface area contributed by atoms with Crippen molar-refractivity contribution in [2.45, 2.75) is 6.54 Å². The van der Waals surface area contributed by atoms with Gasteiger partial charge in [-0.1, -0.05) is 18.3 Å². The van der Waals surface area contributed by atoms with Crippen LogP contribution in [0.25, 0.3) is 0 Å². The molecule has 1 aromatic carbocycles. The Morgan fingerprint density at radius 2 is 2.31 bits per heavy atom. The van der Waals surface area contributed by atoms with Crippen molar-refractivity contribution >= 4 is 17.2 Å². The van der Waals surface area contributed by atoms with Gasteiger partial charge in [0.2, 0.25) is 0 Å². The molecule has 0 atom stereocenters. The highest BCUT2D eigenvalue weighted by molar-refractivity contribution is 7.80. The van der Waals surface area contributed by atoms with Crippen LogP contribution in [0.2, 0.25) is 0 Å². The monoisotopic (exact) mass is 235 g/mol. The van der Waals surface area contributed by atoms with Gasteiger partial charge in [0.1, 0.15) is 10.8 Å². The number of hydrogen-bond acceptors (Lipinski definition) is 2. The summed E-state index contributed by atoms with van der Waals surface area (Å²) in [6, 6.07) is 6.23. The second-order valence-electron chi connectivity index (χ2n) is 3.37. The number of benzene rings is 1. The molecule has 0 aliphatic rings. The second kappa shape index (κ2) is 4.40. The van der Waals surface area contributed by atoms with Gasteiger partial charge in [0.05, 0.1) is 6.54 Å². The smallest absolute Gasteiger partial charge is 0.123 e. The molecule has 3 nitrogen and oxygen atoms in total. The van der Waals surface area contributed by atoms with E-state index in [4.69, 9.17) is 18.0 Å². The molecule has 0 aliphatic heterocycles. The van der Waals surface area contributed by atoms with E-state index >= 15 is 0 Å². The molecule has 2 rings (SSSR count). The van der Waals surface area contributed by atoms with Crippen LogP contribution in [0.3, 0.4) is 0 Å². The highest BCUT2D eigenvalue weighted by atomic mass is 32.1. The van der Waals surface area contributed by atoms with Gasteiger partial charge < -0.3 is 5.73 Å². The molecule has 1 heterocycles. The third-order valence-electron chi connectivity index (χ3n) is 2.23. The molecule has 0 saturated heterocycles. The van der Waals surface area contributed by atoms with E-state index in [-0.39, 0.29) is 10.8 Å². The summed E-state index contributed by atoms with van der Waals surface area (Å²) in [7, 11) is 0. The van der Waals surface area contributed by atoms with Crippen LogP contribution in [-0.4, -0.2) is 14.8 Å². The zero-order valence-corrected chi connectivity index (χ0v) is 9.25. The first-order valence-electron chi connectivity index (χ1n) is 4.72. The Morgan fingerprint density at radius 1 is 1.50 bits per heavy atom. The van der Waals surface area contributed by atoms with E-state index in [1.54, 1.807) is 16.9 Å². The van der Waals surface area contributed by atoms with E-state index in [2.05, 4.69) is 5.10 Å². The standard InChI is InChI=1S/C11H10FN3S/c12-9-3-2-8(10(6-9)11(13)16)7-15-5-1-4-14-15/h1-6H,7H2,(H2,13,16). The molecule has 2 N–H and O–H groups in total. The van der Waals surface area contributed by atoms with Crippen molar-refractivity contribution in [3.63, 3.8) is 0 Å². The molecule has 0 radical (unpaired) electrons. The normalized spacial score (nSPS) is 10.3. The largest absolute Gasteiger partial charge is 0.389 e.